The van der Waals surface area contributed by atoms with Crippen LogP contribution < -0.4 is 10.5 Å². The lowest BCUT2D eigenvalue weighted by atomic mass is 9.96. The van der Waals surface area contributed by atoms with Gasteiger partial charge >= 0.3 is 0 Å². The van der Waals surface area contributed by atoms with Crippen LogP contribution in [0.5, 0.6) is 5.75 Å². The Labute approximate surface area is 102 Å². The maximum Gasteiger partial charge on any atom is 0.130 e. The smallest absolute Gasteiger partial charge is 0.130 e. The molecule has 0 amide bonds. The molecule has 0 aliphatic heterocycles. The van der Waals surface area contributed by atoms with Crippen LogP contribution in [0.25, 0.3) is 0 Å². The van der Waals surface area contributed by atoms with E-state index in [0.29, 0.717) is 5.75 Å². The molecular weight excluding hydrogens is 217 g/mol. The van der Waals surface area contributed by atoms with Crippen molar-refractivity contribution < 1.29 is 9.13 Å². The number of hydrogen-bond donors (Lipinski definition) is 1. The molecule has 1 aliphatic rings. The molecule has 0 atom stereocenters. The first kappa shape index (κ1) is 12.4. The number of halogens is 1. The second kappa shape index (κ2) is 4.30. The van der Waals surface area contributed by atoms with E-state index < -0.39 is 0 Å². The van der Waals surface area contributed by atoms with Gasteiger partial charge in [0.25, 0.3) is 0 Å². The molecule has 0 aromatic heterocycles. The third-order valence-corrected chi connectivity index (χ3v) is 3.46. The zero-order chi connectivity index (χ0) is 12.6. The van der Waals surface area contributed by atoms with Crippen molar-refractivity contribution in [3.63, 3.8) is 0 Å². The Morgan fingerprint density at radius 2 is 2.06 bits per heavy atom. The first-order chi connectivity index (χ1) is 7.95. The topological polar surface area (TPSA) is 35.2 Å². The third-order valence-electron chi connectivity index (χ3n) is 3.46. The number of ether oxygens (including phenoxy) is 1. The van der Waals surface area contributed by atoms with Crippen molar-refractivity contribution >= 4 is 0 Å². The Morgan fingerprint density at radius 1 is 1.41 bits per heavy atom. The summed E-state index contributed by atoms with van der Waals surface area (Å²) in [6, 6.07) is 3.39. The summed E-state index contributed by atoms with van der Waals surface area (Å²) in [6.07, 6.45) is 2.87. The fourth-order valence-corrected chi connectivity index (χ4v) is 2.11. The molecule has 2 nitrogen and oxygen atoms in total. The Kier molecular flexibility index (Phi) is 3.13. The van der Waals surface area contributed by atoms with E-state index >= 15 is 0 Å². The number of methoxy groups -OCH3 is 1. The molecular formula is C14H20FNO. The molecule has 2 N–H and O–H groups in total. The minimum Gasteiger partial charge on any atom is -0.496 e. The first-order valence-corrected chi connectivity index (χ1v) is 6.10. The summed E-state index contributed by atoms with van der Waals surface area (Å²) < 4.78 is 19.0. The predicted molar refractivity (Wildman–Crippen MR) is 66.9 cm³/mol. The van der Waals surface area contributed by atoms with Gasteiger partial charge in [0.05, 0.1) is 7.11 Å². The van der Waals surface area contributed by atoms with Crippen molar-refractivity contribution in [1.29, 1.82) is 0 Å². The highest BCUT2D eigenvalue weighted by Gasteiger charge is 2.38. The standard InChI is InChI=1S/C14H20FNO/c1-9(2)11-6-10(8-14(16)4-5-14)13(17-3)7-12(11)15/h6-7,9H,4-5,8,16H2,1-3H3. The van der Waals surface area contributed by atoms with Crippen molar-refractivity contribution in [2.24, 2.45) is 5.73 Å². The van der Waals surface area contributed by atoms with Crippen LogP contribution >= 0.6 is 0 Å². The zero-order valence-electron chi connectivity index (χ0n) is 10.7. The lowest BCUT2D eigenvalue weighted by Crippen LogP contribution is -2.25. The molecule has 1 aliphatic carbocycles. The van der Waals surface area contributed by atoms with Crippen LogP contribution in [-0.2, 0) is 6.42 Å². The molecule has 1 aromatic carbocycles. The lowest BCUT2D eigenvalue weighted by Gasteiger charge is -2.16. The second-order valence-electron chi connectivity index (χ2n) is 5.38. The normalized spacial score (nSPS) is 17.3. The van der Waals surface area contributed by atoms with Gasteiger partial charge < -0.3 is 10.5 Å². The van der Waals surface area contributed by atoms with Gasteiger partial charge in [0.2, 0.25) is 0 Å². The maximum atomic E-state index is 13.8. The second-order valence-corrected chi connectivity index (χ2v) is 5.38. The van der Waals surface area contributed by atoms with Crippen LogP contribution in [0.1, 0.15) is 43.7 Å². The summed E-state index contributed by atoms with van der Waals surface area (Å²) in [5.74, 6) is 0.596. The molecule has 1 fully saturated rings. The zero-order valence-corrected chi connectivity index (χ0v) is 10.7. The molecule has 94 valence electrons. The highest BCUT2D eigenvalue weighted by molar-refractivity contribution is 5.41. The Morgan fingerprint density at radius 3 is 2.53 bits per heavy atom. The molecule has 2 rings (SSSR count). The molecule has 0 unspecified atom stereocenters. The fraction of sp³-hybridized carbons (Fsp3) is 0.571. The van der Waals surface area contributed by atoms with Crippen LogP contribution in [0.15, 0.2) is 12.1 Å². The van der Waals surface area contributed by atoms with E-state index in [4.69, 9.17) is 10.5 Å². The third kappa shape index (κ3) is 2.60. The quantitative estimate of drug-likeness (QED) is 0.873. The molecule has 0 bridgehead atoms. The van der Waals surface area contributed by atoms with Crippen LogP contribution in [0.4, 0.5) is 4.39 Å². The van der Waals surface area contributed by atoms with Crippen LogP contribution in [0, 0.1) is 5.82 Å². The molecule has 1 aromatic rings. The largest absolute Gasteiger partial charge is 0.496 e. The summed E-state index contributed by atoms with van der Waals surface area (Å²) >= 11 is 0. The molecule has 0 saturated heterocycles. The van der Waals surface area contributed by atoms with Gasteiger partial charge in [-0.05, 0) is 42.4 Å². The van der Waals surface area contributed by atoms with Gasteiger partial charge in [0, 0.05) is 11.6 Å². The molecule has 17 heavy (non-hydrogen) atoms. The van der Waals surface area contributed by atoms with Crippen LogP contribution in [0.3, 0.4) is 0 Å². The summed E-state index contributed by atoms with van der Waals surface area (Å²) in [6.45, 7) is 3.98. The van der Waals surface area contributed by atoms with Crippen molar-refractivity contribution in [2.75, 3.05) is 7.11 Å². The molecule has 0 spiro atoms. The van der Waals surface area contributed by atoms with E-state index in [2.05, 4.69) is 0 Å². The predicted octanol–water partition coefficient (Wildman–Crippen LogP) is 2.99. The highest BCUT2D eigenvalue weighted by Crippen LogP contribution is 2.39. The summed E-state index contributed by atoms with van der Waals surface area (Å²) in [7, 11) is 1.57. The van der Waals surface area contributed by atoms with Crippen LogP contribution in [-0.4, -0.2) is 12.6 Å². The van der Waals surface area contributed by atoms with E-state index in [9.17, 15) is 4.39 Å². The number of hydrogen-bond acceptors (Lipinski definition) is 2. The van der Waals surface area contributed by atoms with Crippen molar-refractivity contribution in [1.82, 2.24) is 0 Å². The van der Waals surface area contributed by atoms with Gasteiger partial charge in [-0.3, -0.25) is 0 Å². The maximum absolute atomic E-state index is 13.8. The summed E-state index contributed by atoms with van der Waals surface area (Å²) in [5.41, 5.74) is 7.80. The molecule has 1 saturated carbocycles. The molecule has 3 heteroatoms. The van der Waals surface area contributed by atoms with E-state index in [0.717, 1.165) is 30.4 Å². The first-order valence-electron chi connectivity index (χ1n) is 6.10. The number of nitrogens with two attached hydrogens (primary N) is 1. The highest BCUT2D eigenvalue weighted by atomic mass is 19.1. The average molecular weight is 237 g/mol. The van der Waals surface area contributed by atoms with E-state index in [1.165, 1.54) is 6.07 Å². The number of benzene rings is 1. The van der Waals surface area contributed by atoms with E-state index in [1.807, 2.05) is 19.9 Å². The molecule has 0 radical (unpaired) electrons. The summed E-state index contributed by atoms with van der Waals surface area (Å²) in [4.78, 5) is 0. The van der Waals surface area contributed by atoms with Gasteiger partial charge in [-0.1, -0.05) is 13.8 Å². The van der Waals surface area contributed by atoms with Gasteiger partial charge in [0.1, 0.15) is 11.6 Å². The Balaban J connectivity index is 2.37. The van der Waals surface area contributed by atoms with E-state index in [1.54, 1.807) is 7.11 Å². The lowest BCUT2D eigenvalue weighted by molar-refractivity contribution is 0.402. The van der Waals surface area contributed by atoms with E-state index in [-0.39, 0.29) is 17.3 Å². The monoisotopic (exact) mass is 237 g/mol. The Bertz CT molecular complexity index is 424. The van der Waals surface area contributed by atoms with Crippen molar-refractivity contribution in [3.05, 3.63) is 29.1 Å². The number of rotatable bonds is 4. The van der Waals surface area contributed by atoms with Crippen molar-refractivity contribution in [2.45, 2.75) is 44.6 Å². The minimum atomic E-state index is -0.192. The average Bonchev–Trinajstić information content (AvgIpc) is 2.98. The van der Waals surface area contributed by atoms with Gasteiger partial charge in [-0.2, -0.15) is 0 Å². The fourth-order valence-electron chi connectivity index (χ4n) is 2.11. The van der Waals surface area contributed by atoms with Gasteiger partial charge in [0.15, 0.2) is 0 Å². The Hall–Kier alpha value is -1.09. The molecule has 0 heterocycles. The SMILES string of the molecule is COc1cc(F)c(C(C)C)cc1CC1(N)CC1. The summed E-state index contributed by atoms with van der Waals surface area (Å²) in [5, 5.41) is 0. The van der Waals surface area contributed by atoms with Gasteiger partial charge in [-0.15, -0.1) is 0 Å². The van der Waals surface area contributed by atoms with Gasteiger partial charge in [-0.25, -0.2) is 4.39 Å². The minimum absolute atomic E-state index is 0.0840. The van der Waals surface area contributed by atoms with Crippen LogP contribution in [0.2, 0.25) is 0 Å². The van der Waals surface area contributed by atoms with Crippen molar-refractivity contribution in [3.8, 4) is 5.75 Å².